The van der Waals surface area contributed by atoms with E-state index in [2.05, 4.69) is 5.32 Å². The molecular weight excluding hydrogens is 260 g/mol. The van der Waals surface area contributed by atoms with Gasteiger partial charge in [-0.05, 0) is 25.2 Å². The van der Waals surface area contributed by atoms with Gasteiger partial charge in [-0.15, -0.1) is 0 Å². The number of aliphatic carboxylic acids is 1. The molecular formula is C14H22N2O4. The van der Waals surface area contributed by atoms with Gasteiger partial charge in [0.25, 0.3) is 0 Å². The molecule has 0 radical (unpaired) electrons. The van der Waals surface area contributed by atoms with Gasteiger partial charge in [0.1, 0.15) is 0 Å². The Morgan fingerprint density at radius 3 is 2.75 bits per heavy atom. The minimum atomic E-state index is -0.815. The summed E-state index contributed by atoms with van der Waals surface area (Å²) in [6.45, 7) is 2.93. The topological polar surface area (TPSA) is 86.7 Å². The molecule has 0 aromatic carbocycles. The standard InChI is InChI=1S/C14H22N2O4/c1-9(2-5-13(18)19)7-15-14(20)10-6-12(17)16(8-10)11-3-4-11/h9-11H,2-8H2,1H3,(H,15,20)(H,18,19). The van der Waals surface area contributed by atoms with Gasteiger partial charge in [-0.2, -0.15) is 0 Å². The molecule has 0 spiro atoms. The minimum Gasteiger partial charge on any atom is -0.481 e. The first kappa shape index (κ1) is 14.8. The smallest absolute Gasteiger partial charge is 0.303 e. The van der Waals surface area contributed by atoms with E-state index in [0.29, 0.717) is 32.0 Å². The third-order valence-electron chi connectivity index (χ3n) is 3.99. The fourth-order valence-electron chi connectivity index (χ4n) is 2.54. The Morgan fingerprint density at radius 1 is 1.45 bits per heavy atom. The highest BCUT2D eigenvalue weighted by Crippen LogP contribution is 2.32. The molecule has 1 saturated heterocycles. The molecule has 0 bridgehead atoms. The lowest BCUT2D eigenvalue weighted by molar-refractivity contribution is -0.137. The number of hydrogen-bond acceptors (Lipinski definition) is 3. The summed E-state index contributed by atoms with van der Waals surface area (Å²) in [5.41, 5.74) is 0. The zero-order chi connectivity index (χ0) is 14.7. The van der Waals surface area contributed by atoms with Crippen LogP contribution in [-0.2, 0) is 14.4 Å². The van der Waals surface area contributed by atoms with Gasteiger partial charge in [0, 0.05) is 32.0 Å². The number of nitrogens with zero attached hydrogens (tertiary/aromatic N) is 1. The van der Waals surface area contributed by atoms with Crippen LogP contribution in [0.5, 0.6) is 0 Å². The summed E-state index contributed by atoms with van der Waals surface area (Å²) in [5, 5.41) is 11.4. The molecule has 2 amide bonds. The Bertz CT molecular complexity index is 406. The number of carbonyl (C=O) groups excluding carboxylic acids is 2. The fraction of sp³-hybridized carbons (Fsp3) is 0.786. The number of carboxylic acids is 1. The van der Waals surface area contributed by atoms with Crippen LogP contribution in [0.4, 0.5) is 0 Å². The summed E-state index contributed by atoms with van der Waals surface area (Å²) in [5.74, 6) is -0.915. The second kappa shape index (κ2) is 6.24. The molecule has 20 heavy (non-hydrogen) atoms. The lowest BCUT2D eigenvalue weighted by Gasteiger charge is -2.16. The SMILES string of the molecule is CC(CCC(=O)O)CNC(=O)C1CC(=O)N(C2CC2)C1. The molecule has 1 aliphatic heterocycles. The number of amides is 2. The average molecular weight is 282 g/mol. The summed E-state index contributed by atoms with van der Waals surface area (Å²) >= 11 is 0. The maximum Gasteiger partial charge on any atom is 0.303 e. The van der Waals surface area contributed by atoms with E-state index >= 15 is 0 Å². The number of rotatable bonds is 7. The third kappa shape index (κ3) is 3.95. The lowest BCUT2D eigenvalue weighted by atomic mass is 10.0. The second-order valence-electron chi connectivity index (χ2n) is 5.96. The van der Waals surface area contributed by atoms with Crippen LogP contribution in [0.3, 0.4) is 0 Å². The van der Waals surface area contributed by atoms with Crippen LogP contribution in [0.15, 0.2) is 0 Å². The van der Waals surface area contributed by atoms with Crippen molar-refractivity contribution in [2.24, 2.45) is 11.8 Å². The van der Waals surface area contributed by atoms with E-state index in [-0.39, 0.29) is 30.1 Å². The van der Waals surface area contributed by atoms with Crippen LogP contribution in [-0.4, -0.2) is 46.9 Å². The van der Waals surface area contributed by atoms with E-state index in [0.717, 1.165) is 12.8 Å². The summed E-state index contributed by atoms with van der Waals surface area (Å²) in [4.78, 5) is 36.1. The van der Waals surface area contributed by atoms with E-state index in [1.807, 2.05) is 11.8 Å². The van der Waals surface area contributed by atoms with Gasteiger partial charge in [-0.3, -0.25) is 14.4 Å². The van der Waals surface area contributed by atoms with Gasteiger partial charge >= 0.3 is 5.97 Å². The van der Waals surface area contributed by atoms with Crippen LogP contribution in [0, 0.1) is 11.8 Å². The first-order valence-corrected chi connectivity index (χ1v) is 7.26. The number of carboxylic acid groups (broad SMARTS) is 1. The summed E-state index contributed by atoms with van der Waals surface area (Å²) in [6, 6.07) is 0.370. The van der Waals surface area contributed by atoms with Crippen molar-refractivity contribution < 1.29 is 19.5 Å². The molecule has 1 heterocycles. The highest BCUT2D eigenvalue weighted by molar-refractivity contribution is 5.89. The van der Waals surface area contributed by atoms with Crippen LogP contribution in [0.2, 0.25) is 0 Å². The van der Waals surface area contributed by atoms with Crippen molar-refractivity contribution in [1.29, 1.82) is 0 Å². The first-order valence-electron chi connectivity index (χ1n) is 7.26. The minimum absolute atomic E-state index is 0.0799. The van der Waals surface area contributed by atoms with Crippen LogP contribution in [0.1, 0.15) is 39.0 Å². The van der Waals surface area contributed by atoms with Crippen LogP contribution < -0.4 is 5.32 Å². The molecule has 112 valence electrons. The zero-order valence-electron chi connectivity index (χ0n) is 11.8. The maximum atomic E-state index is 12.0. The maximum absolute atomic E-state index is 12.0. The van der Waals surface area contributed by atoms with Crippen molar-refractivity contribution >= 4 is 17.8 Å². The molecule has 2 rings (SSSR count). The van der Waals surface area contributed by atoms with E-state index in [9.17, 15) is 14.4 Å². The molecule has 2 fully saturated rings. The Morgan fingerprint density at radius 2 is 2.15 bits per heavy atom. The predicted molar refractivity (Wildman–Crippen MR) is 71.9 cm³/mol. The van der Waals surface area contributed by atoms with Crippen molar-refractivity contribution in [3.8, 4) is 0 Å². The largest absolute Gasteiger partial charge is 0.481 e. The lowest BCUT2D eigenvalue weighted by Crippen LogP contribution is -2.35. The number of nitrogens with one attached hydrogen (secondary N) is 1. The molecule has 1 saturated carbocycles. The zero-order valence-corrected chi connectivity index (χ0v) is 11.8. The quantitative estimate of drug-likeness (QED) is 0.716. The normalized spacial score (nSPS) is 23.8. The Labute approximate surface area is 118 Å². The Kier molecular flexibility index (Phi) is 4.62. The molecule has 2 atom stereocenters. The number of hydrogen-bond donors (Lipinski definition) is 2. The van der Waals surface area contributed by atoms with Gasteiger partial charge in [-0.1, -0.05) is 6.92 Å². The molecule has 2 aliphatic rings. The predicted octanol–water partition coefficient (Wildman–Crippen LogP) is 0.614. The van der Waals surface area contributed by atoms with E-state index < -0.39 is 5.97 Å². The molecule has 1 aliphatic carbocycles. The highest BCUT2D eigenvalue weighted by atomic mass is 16.4. The van der Waals surface area contributed by atoms with Gasteiger partial charge in [0.05, 0.1) is 5.92 Å². The Balaban J connectivity index is 1.69. The van der Waals surface area contributed by atoms with E-state index in [4.69, 9.17) is 5.11 Å². The van der Waals surface area contributed by atoms with E-state index in [1.54, 1.807) is 0 Å². The van der Waals surface area contributed by atoms with Crippen LogP contribution >= 0.6 is 0 Å². The third-order valence-corrected chi connectivity index (χ3v) is 3.99. The molecule has 2 unspecified atom stereocenters. The summed E-state index contributed by atoms with van der Waals surface area (Å²) < 4.78 is 0. The van der Waals surface area contributed by atoms with Crippen molar-refractivity contribution in [1.82, 2.24) is 10.2 Å². The number of likely N-dealkylation sites (tertiary alicyclic amines) is 1. The highest BCUT2D eigenvalue weighted by Gasteiger charge is 2.41. The summed E-state index contributed by atoms with van der Waals surface area (Å²) in [6.07, 6.45) is 3.10. The Hall–Kier alpha value is -1.59. The molecule has 0 aromatic heterocycles. The average Bonchev–Trinajstić information content (AvgIpc) is 3.16. The second-order valence-corrected chi connectivity index (χ2v) is 5.96. The number of carbonyl (C=O) groups is 3. The monoisotopic (exact) mass is 282 g/mol. The van der Waals surface area contributed by atoms with Crippen molar-refractivity contribution in [3.63, 3.8) is 0 Å². The van der Waals surface area contributed by atoms with Gasteiger partial charge in [0.15, 0.2) is 0 Å². The van der Waals surface area contributed by atoms with Gasteiger partial charge < -0.3 is 15.3 Å². The van der Waals surface area contributed by atoms with Gasteiger partial charge in [-0.25, -0.2) is 0 Å². The molecule has 2 N–H and O–H groups in total. The first-order chi connectivity index (χ1) is 9.47. The van der Waals surface area contributed by atoms with Crippen molar-refractivity contribution in [3.05, 3.63) is 0 Å². The fourth-order valence-corrected chi connectivity index (χ4v) is 2.54. The molecule has 6 nitrogen and oxygen atoms in total. The van der Waals surface area contributed by atoms with Crippen molar-refractivity contribution in [2.45, 2.75) is 45.1 Å². The van der Waals surface area contributed by atoms with Crippen molar-refractivity contribution in [2.75, 3.05) is 13.1 Å². The molecule has 0 aromatic rings. The van der Waals surface area contributed by atoms with E-state index in [1.165, 1.54) is 0 Å². The van der Waals surface area contributed by atoms with Crippen LogP contribution in [0.25, 0.3) is 0 Å². The van der Waals surface area contributed by atoms with Gasteiger partial charge in [0.2, 0.25) is 11.8 Å². The molecule has 6 heteroatoms. The summed E-state index contributed by atoms with van der Waals surface area (Å²) in [7, 11) is 0.